The van der Waals surface area contributed by atoms with Crippen molar-refractivity contribution in [1.29, 1.82) is 0 Å². The molecule has 1 fully saturated rings. The van der Waals surface area contributed by atoms with E-state index in [1.165, 1.54) is 6.07 Å². The Bertz CT molecular complexity index is 421. The van der Waals surface area contributed by atoms with Gasteiger partial charge in [-0.05, 0) is 25.1 Å². The van der Waals surface area contributed by atoms with E-state index >= 15 is 0 Å². The molecule has 0 saturated carbocycles. The van der Waals surface area contributed by atoms with Crippen LogP contribution in [0.4, 0.5) is 4.39 Å². The topological polar surface area (TPSA) is 41.5 Å². The van der Waals surface area contributed by atoms with Crippen molar-refractivity contribution < 1.29 is 14.2 Å². The molecule has 1 aromatic rings. The van der Waals surface area contributed by atoms with Crippen molar-refractivity contribution >= 4 is 15.9 Å². The summed E-state index contributed by atoms with van der Waals surface area (Å²) in [5.74, 6) is -0.243. The SMILES string of the molecule is CC(NCC1(O)CCOC1)c1cc(Br)ccc1F. The zero-order chi connectivity index (χ0) is 13.2. The number of nitrogens with one attached hydrogen (secondary N) is 1. The molecule has 1 aromatic carbocycles. The Balaban J connectivity index is 1.99. The van der Waals surface area contributed by atoms with Gasteiger partial charge in [-0.3, -0.25) is 0 Å². The molecule has 0 aromatic heterocycles. The van der Waals surface area contributed by atoms with E-state index in [0.717, 1.165) is 4.47 Å². The monoisotopic (exact) mass is 317 g/mol. The van der Waals surface area contributed by atoms with Crippen LogP contribution in [-0.2, 0) is 4.74 Å². The quantitative estimate of drug-likeness (QED) is 0.896. The zero-order valence-electron chi connectivity index (χ0n) is 10.2. The standard InChI is InChI=1S/C13H17BrFNO2/c1-9(11-6-10(14)2-3-12(11)15)16-7-13(17)4-5-18-8-13/h2-3,6,9,16-17H,4-5,7-8H2,1H3. The molecule has 1 heterocycles. The first-order valence-electron chi connectivity index (χ1n) is 5.99. The Morgan fingerprint density at radius 2 is 2.39 bits per heavy atom. The van der Waals surface area contributed by atoms with Crippen molar-refractivity contribution in [2.45, 2.75) is 25.0 Å². The van der Waals surface area contributed by atoms with E-state index < -0.39 is 5.60 Å². The summed E-state index contributed by atoms with van der Waals surface area (Å²) in [7, 11) is 0. The fourth-order valence-electron chi connectivity index (χ4n) is 2.04. The summed E-state index contributed by atoms with van der Waals surface area (Å²) >= 11 is 3.33. The molecule has 100 valence electrons. The van der Waals surface area contributed by atoms with Crippen LogP contribution < -0.4 is 5.32 Å². The second-order valence-electron chi connectivity index (χ2n) is 4.80. The molecular formula is C13H17BrFNO2. The first-order chi connectivity index (χ1) is 8.50. The van der Waals surface area contributed by atoms with E-state index in [4.69, 9.17) is 4.74 Å². The van der Waals surface area contributed by atoms with E-state index in [1.54, 1.807) is 12.1 Å². The number of halogens is 2. The molecule has 0 spiro atoms. The minimum atomic E-state index is -0.823. The zero-order valence-corrected chi connectivity index (χ0v) is 11.8. The Kier molecular flexibility index (Phi) is 4.37. The first kappa shape index (κ1) is 13.9. The minimum absolute atomic E-state index is 0.160. The van der Waals surface area contributed by atoms with Crippen LogP contribution in [0.1, 0.15) is 24.9 Å². The average molecular weight is 318 g/mol. The molecule has 2 unspecified atom stereocenters. The van der Waals surface area contributed by atoms with E-state index in [1.807, 2.05) is 6.92 Å². The number of hydrogen-bond donors (Lipinski definition) is 2. The molecule has 0 radical (unpaired) electrons. The molecule has 3 nitrogen and oxygen atoms in total. The summed E-state index contributed by atoms with van der Waals surface area (Å²) in [5, 5.41) is 13.3. The number of hydrogen-bond acceptors (Lipinski definition) is 3. The summed E-state index contributed by atoms with van der Waals surface area (Å²) in [6.07, 6.45) is 0.619. The van der Waals surface area contributed by atoms with Crippen LogP contribution in [-0.4, -0.2) is 30.5 Å². The predicted octanol–water partition coefficient (Wildman–Crippen LogP) is 2.39. The highest BCUT2D eigenvalue weighted by Gasteiger charge is 2.32. The predicted molar refractivity (Wildman–Crippen MR) is 70.9 cm³/mol. The largest absolute Gasteiger partial charge is 0.386 e. The molecule has 0 aliphatic carbocycles. The third-order valence-corrected chi connectivity index (χ3v) is 3.74. The summed E-state index contributed by atoms with van der Waals surface area (Å²) < 4.78 is 19.7. The van der Waals surface area contributed by atoms with Crippen molar-refractivity contribution in [1.82, 2.24) is 5.32 Å². The van der Waals surface area contributed by atoms with Gasteiger partial charge in [0, 0.05) is 35.7 Å². The summed E-state index contributed by atoms with van der Waals surface area (Å²) in [4.78, 5) is 0. The van der Waals surface area contributed by atoms with Crippen LogP contribution in [0, 0.1) is 5.82 Å². The molecule has 0 bridgehead atoms. The lowest BCUT2D eigenvalue weighted by atomic mass is 10.0. The number of benzene rings is 1. The highest BCUT2D eigenvalue weighted by Crippen LogP contribution is 2.23. The third kappa shape index (κ3) is 3.29. The molecule has 1 saturated heterocycles. The number of aliphatic hydroxyl groups is 1. The van der Waals surface area contributed by atoms with Crippen molar-refractivity contribution in [3.63, 3.8) is 0 Å². The summed E-state index contributed by atoms with van der Waals surface area (Å²) in [5.41, 5.74) is -0.233. The van der Waals surface area contributed by atoms with Crippen LogP contribution in [0.25, 0.3) is 0 Å². The summed E-state index contributed by atoms with van der Waals surface area (Å²) in [6.45, 7) is 3.20. The van der Waals surface area contributed by atoms with Gasteiger partial charge in [0.05, 0.1) is 6.61 Å². The minimum Gasteiger partial charge on any atom is -0.386 e. The smallest absolute Gasteiger partial charge is 0.128 e. The van der Waals surface area contributed by atoms with Crippen LogP contribution in [0.3, 0.4) is 0 Å². The van der Waals surface area contributed by atoms with Gasteiger partial charge in [0.25, 0.3) is 0 Å². The molecule has 5 heteroatoms. The van der Waals surface area contributed by atoms with Crippen molar-refractivity contribution in [2.75, 3.05) is 19.8 Å². The van der Waals surface area contributed by atoms with Crippen molar-refractivity contribution in [2.24, 2.45) is 0 Å². The van der Waals surface area contributed by atoms with Crippen molar-refractivity contribution in [3.8, 4) is 0 Å². The lowest BCUT2D eigenvalue weighted by Crippen LogP contribution is -2.42. The maximum absolute atomic E-state index is 13.7. The van der Waals surface area contributed by atoms with Gasteiger partial charge in [0.2, 0.25) is 0 Å². The third-order valence-electron chi connectivity index (χ3n) is 3.24. The van der Waals surface area contributed by atoms with E-state index in [9.17, 15) is 9.50 Å². The van der Waals surface area contributed by atoms with Gasteiger partial charge in [-0.25, -0.2) is 4.39 Å². The lowest BCUT2D eigenvalue weighted by molar-refractivity contribution is 0.0251. The van der Waals surface area contributed by atoms with Crippen LogP contribution >= 0.6 is 15.9 Å². The van der Waals surface area contributed by atoms with Gasteiger partial charge in [-0.1, -0.05) is 15.9 Å². The fourth-order valence-corrected chi connectivity index (χ4v) is 2.41. The van der Waals surface area contributed by atoms with Crippen molar-refractivity contribution in [3.05, 3.63) is 34.1 Å². The maximum atomic E-state index is 13.7. The van der Waals surface area contributed by atoms with Gasteiger partial charge >= 0.3 is 0 Å². The molecule has 1 aliphatic rings. The van der Waals surface area contributed by atoms with Crippen LogP contribution in [0.2, 0.25) is 0 Å². The highest BCUT2D eigenvalue weighted by atomic mass is 79.9. The normalized spacial score (nSPS) is 25.3. The Labute approximate surface area is 114 Å². The molecule has 18 heavy (non-hydrogen) atoms. The van der Waals surface area contributed by atoms with Crippen LogP contribution in [0.15, 0.2) is 22.7 Å². The van der Waals surface area contributed by atoms with Crippen LogP contribution in [0.5, 0.6) is 0 Å². The molecule has 1 aliphatic heterocycles. The second kappa shape index (κ2) is 5.65. The Hall–Kier alpha value is -0.490. The highest BCUT2D eigenvalue weighted by molar-refractivity contribution is 9.10. The number of ether oxygens (including phenoxy) is 1. The Morgan fingerprint density at radius 1 is 1.61 bits per heavy atom. The lowest BCUT2D eigenvalue weighted by Gasteiger charge is -2.24. The first-order valence-corrected chi connectivity index (χ1v) is 6.78. The van der Waals surface area contributed by atoms with Gasteiger partial charge in [-0.15, -0.1) is 0 Å². The van der Waals surface area contributed by atoms with Gasteiger partial charge in [-0.2, -0.15) is 0 Å². The van der Waals surface area contributed by atoms with E-state index in [-0.39, 0.29) is 11.9 Å². The number of rotatable bonds is 4. The average Bonchev–Trinajstić information content (AvgIpc) is 2.77. The van der Waals surface area contributed by atoms with Gasteiger partial charge in [0.15, 0.2) is 0 Å². The Morgan fingerprint density at radius 3 is 3.06 bits per heavy atom. The van der Waals surface area contributed by atoms with Gasteiger partial charge < -0.3 is 15.2 Å². The fraction of sp³-hybridized carbons (Fsp3) is 0.538. The molecular weight excluding hydrogens is 301 g/mol. The molecule has 2 rings (SSSR count). The molecule has 2 atom stereocenters. The van der Waals surface area contributed by atoms with Gasteiger partial charge in [0.1, 0.15) is 11.4 Å². The van der Waals surface area contributed by atoms with E-state index in [2.05, 4.69) is 21.2 Å². The maximum Gasteiger partial charge on any atom is 0.128 e. The second-order valence-corrected chi connectivity index (χ2v) is 5.71. The molecule has 0 amide bonds. The van der Waals surface area contributed by atoms with E-state index in [0.29, 0.717) is 31.7 Å². The molecule has 2 N–H and O–H groups in total. The summed E-state index contributed by atoms with van der Waals surface area (Å²) in [6, 6.07) is 4.70.